The molecule has 0 heterocycles. The monoisotopic (exact) mass is 277 g/mol. The van der Waals surface area contributed by atoms with Crippen LogP contribution in [0.2, 0.25) is 0 Å². The maximum atomic E-state index is 13.5. The summed E-state index contributed by atoms with van der Waals surface area (Å²) < 4.78 is 50.7. The largest absolute Gasteiger partial charge is 0.434 e. The average molecular weight is 277 g/mol. The van der Waals surface area contributed by atoms with Gasteiger partial charge in [-0.05, 0) is 25.4 Å². The lowest BCUT2D eigenvalue weighted by molar-refractivity contribution is -0.249. The van der Waals surface area contributed by atoms with E-state index >= 15 is 0 Å². The van der Waals surface area contributed by atoms with E-state index in [0.29, 0.717) is 19.1 Å². The van der Waals surface area contributed by atoms with E-state index in [9.17, 15) is 22.4 Å². The molecule has 0 aliphatic heterocycles. The van der Waals surface area contributed by atoms with E-state index in [1.54, 1.807) is 6.26 Å². The second-order valence-electron chi connectivity index (χ2n) is 3.49. The highest BCUT2D eigenvalue weighted by Crippen LogP contribution is 2.37. The van der Waals surface area contributed by atoms with Gasteiger partial charge in [-0.15, -0.1) is 0 Å². The molecule has 0 aromatic heterocycles. The fourth-order valence-corrected chi connectivity index (χ4v) is 1.54. The Hall–Kier alpha value is -0.500. The Morgan fingerprint density at radius 3 is 2.29 bits per heavy atom. The predicted octanol–water partition coefficient (Wildman–Crippen LogP) is 1.51. The minimum Gasteiger partial charge on any atom is -0.389 e. The van der Waals surface area contributed by atoms with Crippen molar-refractivity contribution in [3.05, 3.63) is 0 Å². The highest BCUT2D eigenvalue weighted by atomic mass is 32.2. The zero-order chi connectivity index (χ0) is 13.7. The van der Waals surface area contributed by atoms with E-state index < -0.39 is 23.9 Å². The van der Waals surface area contributed by atoms with E-state index in [2.05, 4.69) is 0 Å². The summed E-state index contributed by atoms with van der Waals surface area (Å²) >= 11 is 1.46. The van der Waals surface area contributed by atoms with Crippen LogP contribution in [0.1, 0.15) is 13.3 Å². The maximum absolute atomic E-state index is 13.5. The zero-order valence-corrected chi connectivity index (χ0v) is 10.3. The van der Waals surface area contributed by atoms with Gasteiger partial charge in [0.15, 0.2) is 0 Å². The molecule has 0 aliphatic rings. The van der Waals surface area contributed by atoms with E-state index in [4.69, 9.17) is 5.11 Å². The van der Waals surface area contributed by atoms with Gasteiger partial charge in [-0.2, -0.15) is 24.9 Å². The Morgan fingerprint density at radius 2 is 1.94 bits per heavy atom. The Kier molecular flexibility index (Phi) is 6.25. The van der Waals surface area contributed by atoms with Gasteiger partial charge in [-0.1, -0.05) is 0 Å². The fourth-order valence-electron chi connectivity index (χ4n) is 1.10. The van der Waals surface area contributed by atoms with E-state index in [1.807, 2.05) is 5.32 Å². The first-order valence-electron chi connectivity index (χ1n) is 4.88. The summed E-state index contributed by atoms with van der Waals surface area (Å²) in [6.07, 6.45) is -5.67. The minimum atomic E-state index is -5.44. The number of alkyl halides is 4. The third-order valence-electron chi connectivity index (χ3n) is 2.13. The first kappa shape index (κ1) is 16.5. The number of amides is 1. The summed E-state index contributed by atoms with van der Waals surface area (Å²) in [5, 5.41) is 10.7. The predicted molar refractivity (Wildman–Crippen MR) is 57.6 cm³/mol. The summed E-state index contributed by atoms with van der Waals surface area (Å²) in [6, 6.07) is 0. The molecular weight excluding hydrogens is 262 g/mol. The quantitative estimate of drug-likeness (QED) is 0.571. The van der Waals surface area contributed by atoms with Crippen LogP contribution in [-0.2, 0) is 4.79 Å². The average Bonchev–Trinajstić information content (AvgIpc) is 2.20. The molecule has 0 spiro atoms. The lowest BCUT2D eigenvalue weighted by Gasteiger charge is -2.28. The minimum absolute atomic E-state index is 0.0614. The molecule has 0 radical (unpaired) electrons. The smallest absolute Gasteiger partial charge is 0.389 e. The van der Waals surface area contributed by atoms with Crippen LogP contribution in [0.5, 0.6) is 0 Å². The molecule has 0 bridgehead atoms. The number of aliphatic hydroxyl groups is 1. The van der Waals surface area contributed by atoms with Crippen molar-refractivity contribution >= 4 is 17.7 Å². The molecule has 0 aromatic rings. The molecule has 17 heavy (non-hydrogen) atoms. The molecule has 3 nitrogen and oxygen atoms in total. The number of aliphatic hydroxyl groups excluding tert-OH is 1. The second-order valence-corrected chi connectivity index (χ2v) is 4.47. The van der Waals surface area contributed by atoms with Crippen LogP contribution in [0, 0.1) is 0 Å². The van der Waals surface area contributed by atoms with Gasteiger partial charge in [0.05, 0.1) is 0 Å². The van der Waals surface area contributed by atoms with Crippen LogP contribution in [0.15, 0.2) is 0 Å². The van der Waals surface area contributed by atoms with Crippen molar-refractivity contribution < 1.29 is 27.5 Å². The zero-order valence-electron chi connectivity index (χ0n) is 9.47. The molecule has 0 fully saturated rings. The van der Waals surface area contributed by atoms with E-state index in [0.717, 1.165) is 0 Å². The highest BCUT2D eigenvalue weighted by molar-refractivity contribution is 7.98. The third kappa shape index (κ3) is 4.02. The Labute approximate surface area is 101 Å². The Bertz CT molecular complexity index is 260. The van der Waals surface area contributed by atoms with Crippen molar-refractivity contribution in [2.24, 2.45) is 0 Å². The van der Waals surface area contributed by atoms with Gasteiger partial charge in [-0.3, -0.25) is 4.79 Å². The molecule has 0 rings (SSSR count). The van der Waals surface area contributed by atoms with Crippen LogP contribution in [0.25, 0.3) is 0 Å². The summed E-state index contributed by atoms with van der Waals surface area (Å²) in [5.74, 6) is -1.21. The lowest BCUT2D eigenvalue weighted by atomic mass is 9.98. The van der Waals surface area contributed by atoms with Gasteiger partial charge >= 0.3 is 11.8 Å². The molecule has 0 aliphatic carbocycles. The van der Waals surface area contributed by atoms with Crippen molar-refractivity contribution in [3.63, 3.8) is 0 Å². The van der Waals surface area contributed by atoms with Gasteiger partial charge in [-0.25, -0.2) is 4.39 Å². The van der Waals surface area contributed by atoms with Gasteiger partial charge in [0.25, 0.3) is 5.91 Å². The number of hydrogen-bond acceptors (Lipinski definition) is 3. The standard InChI is InChI=1S/C9H15F4NO2S/c1-6(15)8(10,9(11,12)13)7(16)14-4-3-5-17-2/h6,15H,3-5H2,1-2H3,(H,14,16). The van der Waals surface area contributed by atoms with Crippen molar-refractivity contribution in [2.45, 2.75) is 31.3 Å². The number of carbonyl (C=O) groups is 1. The van der Waals surface area contributed by atoms with E-state index in [1.165, 1.54) is 11.8 Å². The third-order valence-corrected chi connectivity index (χ3v) is 2.83. The fraction of sp³-hybridized carbons (Fsp3) is 0.889. The van der Waals surface area contributed by atoms with Crippen molar-refractivity contribution in [1.29, 1.82) is 0 Å². The first-order valence-corrected chi connectivity index (χ1v) is 6.28. The SMILES string of the molecule is CSCCCNC(=O)C(F)(C(C)O)C(F)(F)F. The topological polar surface area (TPSA) is 49.3 Å². The van der Waals surface area contributed by atoms with Gasteiger partial charge in [0, 0.05) is 6.54 Å². The van der Waals surface area contributed by atoms with Crippen LogP contribution in [0.4, 0.5) is 17.6 Å². The number of hydrogen-bond donors (Lipinski definition) is 2. The second kappa shape index (κ2) is 6.44. The summed E-state index contributed by atoms with van der Waals surface area (Å²) in [5.41, 5.74) is -4.26. The molecule has 8 heteroatoms. The van der Waals surface area contributed by atoms with E-state index in [-0.39, 0.29) is 6.54 Å². The number of nitrogens with one attached hydrogen (secondary N) is 1. The Morgan fingerprint density at radius 1 is 1.41 bits per heavy atom. The molecule has 102 valence electrons. The molecule has 2 atom stereocenters. The number of thioether (sulfide) groups is 1. The van der Waals surface area contributed by atoms with Crippen molar-refractivity contribution in [3.8, 4) is 0 Å². The summed E-state index contributed by atoms with van der Waals surface area (Å²) in [7, 11) is 0. The molecule has 0 saturated heterocycles. The number of rotatable bonds is 6. The molecule has 2 N–H and O–H groups in total. The normalized spacial score (nSPS) is 17.4. The Balaban J connectivity index is 4.58. The molecular formula is C9H15F4NO2S. The maximum Gasteiger partial charge on any atom is 0.434 e. The van der Waals surface area contributed by atoms with Gasteiger partial charge < -0.3 is 10.4 Å². The van der Waals surface area contributed by atoms with Crippen LogP contribution >= 0.6 is 11.8 Å². The van der Waals surface area contributed by atoms with Gasteiger partial charge in [0.1, 0.15) is 6.10 Å². The molecule has 0 saturated carbocycles. The van der Waals surface area contributed by atoms with Crippen LogP contribution < -0.4 is 5.32 Å². The van der Waals surface area contributed by atoms with Crippen LogP contribution in [0.3, 0.4) is 0 Å². The number of halogens is 4. The van der Waals surface area contributed by atoms with Crippen molar-refractivity contribution in [1.82, 2.24) is 5.32 Å². The molecule has 2 unspecified atom stereocenters. The molecule has 1 amide bonds. The molecule has 0 aromatic carbocycles. The van der Waals surface area contributed by atoms with Crippen molar-refractivity contribution in [2.75, 3.05) is 18.6 Å². The number of carbonyl (C=O) groups excluding carboxylic acids is 1. The lowest BCUT2D eigenvalue weighted by Crippen LogP contribution is -2.60. The van der Waals surface area contributed by atoms with Gasteiger partial charge in [0.2, 0.25) is 0 Å². The summed E-state index contributed by atoms with van der Waals surface area (Å²) in [6.45, 7) is 0.531. The summed E-state index contributed by atoms with van der Waals surface area (Å²) in [4.78, 5) is 11.1. The first-order chi connectivity index (χ1) is 7.67. The highest BCUT2D eigenvalue weighted by Gasteiger charge is 2.64. The van der Waals surface area contributed by atoms with Crippen LogP contribution in [-0.4, -0.2) is 47.5 Å².